The molecule has 2 heterocycles. The van der Waals surface area contributed by atoms with Gasteiger partial charge in [0, 0.05) is 31.8 Å². The highest BCUT2D eigenvalue weighted by atomic mass is 32.2. The van der Waals surface area contributed by atoms with Crippen molar-refractivity contribution in [1.82, 2.24) is 9.62 Å². The van der Waals surface area contributed by atoms with Crippen molar-refractivity contribution in [3.63, 3.8) is 0 Å². The largest absolute Gasteiger partial charge is 0.379 e. The molecule has 4 rings (SSSR count). The first-order valence-electron chi connectivity index (χ1n) is 11.3. The smallest absolute Gasteiger partial charge is 0.255 e. The minimum absolute atomic E-state index is 0.00417. The highest BCUT2D eigenvalue weighted by Crippen LogP contribution is 2.23. The number of ether oxygens (including phenoxy) is 2. The third kappa shape index (κ3) is 5.47. The van der Waals surface area contributed by atoms with Crippen molar-refractivity contribution in [3.05, 3.63) is 59.2 Å². The van der Waals surface area contributed by atoms with E-state index in [0.29, 0.717) is 43.2 Å². The van der Waals surface area contributed by atoms with Gasteiger partial charge in [-0.1, -0.05) is 18.2 Å². The fraction of sp³-hybridized carbons (Fsp3) is 0.417. The lowest BCUT2D eigenvalue weighted by Gasteiger charge is -2.26. The predicted molar refractivity (Wildman–Crippen MR) is 126 cm³/mol. The van der Waals surface area contributed by atoms with Gasteiger partial charge in [-0.2, -0.15) is 4.31 Å². The Morgan fingerprint density at radius 3 is 2.53 bits per heavy atom. The van der Waals surface area contributed by atoms with E-state index in [-0.39, 0.29) is 35.6 Å². The molecule has 0 aliphatic carbocycles. The molecule has 2 fully saturated rings. The van der Waals surface area contributed by atoms with E-state index in [4.69, 9.17) is 9.47 Å². The van der Waals surface area contributed by atoms with Crippen LogP contribution in [0.4, 0.5) is 5.69 Å². The van der Waals surface area contributed by atoms with Crippen molar-refractivity contribution < 1.29 is 27.5 Å². The zero-order chi connectivity index (χ0) is 24.1. The topological polar surface area (TPSA) is 114 Å². The number of morpholine rings is 1. The molecule has 0 unspecified atom stereocenters. The molecule has 2 aromatic carbocycles. The van der Waals surface area contributed by atoms with Crippen molar-refractivity contribution >= 4 is 27.5 Å². The summed E-state index contributed by atoms with van der Waals surface area (Å²) in [5, 5.41) is 5.64. The molecule has 2 aliphatic heterocycles. The summed E-state index contributed by atoms with van der Waals surface area (Å²) in [5.74, 6) is -0.803. The molecular weight excluding hydrogens is 458 g/mol. The van der Waals surface area contributed by atoms with E-state index >= 15 is 0 Å². The third-order valence-corrected chi connectivity index (χ3v) is 7.89. The normalized spacial score (nSPS) is 19.0. The lowest BCUT2D eigenvalue weighted by atomic mass is 10.1. The van der Waals surface area contributed by atoms with E-state index in [1.165, 1.54) is 16.4 Å². The third-order valence-electron chi connectivity index (χ3n) is 6.00. The summed E-state index contributed by atoms with van der Waals surface area (Å²) in [6.07, 6.45) is 1.89. The van der Waals surface area contributed by atoms with Gasteiger partial charge in [-0.05, 0) is 49.6 Å². The number of rotatable bonds is 7. The molecule has 1 atom stereocenters. The molecule has 0 aromatic heterocycles. The fourth-order valence-corrected chi connectivity index (χ4v) is 5.46. The number of sulfonamides is 1. The van der Waals surface area contributed by atoms with Crippen LogP contribution in [-0.4, -0.2) is 70.1 Å². The lowest BCUT2D eigenvalue weighted by molar-refractivity contribution is 0.0730. The number of carbonyl (C=O) groups excluding carboxylic acids is 2. The van der Waals surface area contributed by atoms with Gasteiger partial charge >= 0.3 is 0 Å². The Balaban J connectivity index is 1.52. The van der Waals surface area contributed by atoms with Crippen molar-refractivity contribution in [1.29, 1.82) is 0 Å². The summed E-state index contributed by atoms with van der Waals surface area (Å²) in [5.41, 5.74) is 1.52. The summed E-state index contributed by atoms with van der Waals surface area (Å²) in [6, 6.07) is 11.2. The first-order valence-corrected chi connectivity index (χ1v) is 12.8. The lowest BCUT2D eigenvalue weighted by Crippen LogP contribution is -2.40. The van der Waals surface area contributed by atoms with Crippen LogP contribution in [0.15, 0.2) is 47.4 Å². The van der Waals surface area contributed by atoms with Crippen LogP contribution in [0.1, 0.15) is 39.1 Å². The van der Waals surface area contributed by atoms with Crippen LogP contribution in [0.2, 0.25) is 0 Å². The van der Waals surface area contributed by atoms with Gasteiger partial charge in [-0.15, -0.1) is 0 Å². The van der Waals surface area contributed by atoms with Crippen LogP contribution < -0.4 is 10.6 Å². The van der Waals surface area contributed by atoms with Gasteiger partial charge in [0.15, 0.2) is 0 Å². The molecule has 2 saturated heterocycles. The molecule has 2 aromatic rings. The SMILES string of the molecule is Cc1ccc(S(=O)(=O)N2CCOCC2)cc1C(=O)Nc1ccccc1C(=O)NC[C@@H]1CCCO1. The van der Waals surface area contributed by atoms with Gasteiger partial charge in [0.1, 0.15) is 0 Å². The van der Waals surface area contributed by atoms with Crippen molar-refractivity contribution in [2.45, 2.75) is 30.8 Å². The average Bonchev–Trinajstić information content (AvgIpc) is 3.37. The number of anilines is 1. The maximum absolute atomic E-state index is 13.1. The van der Waals surface area contributed by atoms with E-state index < -0.39 is 15.9 Å². The molecule has 0 bridgehead atoms. The van der Waals surface area contributed by atoms with Crippen molar-refractivity contribution in [3.8, 4) is 0 Å². The maximum Gasteiger partial charge on any atom is 0.255 e. The van der Waals surface area contributed by atoms with Crippen LogP contribution in [0.3, 0.4) is 0 Å². The Morgan fingerprint density at radius 1 is 1.03 bits per heavy atom. The molecule has 2 amide bonds. The Morgan fingerprint density at radius 2 is 1.79 bits per heavy atom. The Kier molecular flexibility index (Phi) is 7.62. The molecule has 2 aliphatic rings. The van der Waals surface area contributed by atoms with Crippen LogP contribution in [0.5, 0.6) is 0 Å². The molecule has 2 N–H and O–H groups in total. The van der Waals surface area contributed by atoms with E-state index in [9.17, 15) is 18.0 Å². The second kappa shape index (κ2) is 10.6. The monoisotopic (exact) mass is 487 g/mol. The number of para-hydroxylation sites is 1. The molecule has 0 spiro atoms. The van der Waals surface area contributed by atoms with Gasteiger partial charge in [0.25, 0.3) is 11.8 Å². The molecule has 182 valence electrons. The summed E-state index contributed by atoms with van der Waals surface area (Å²) in [6.45, 7) is 4.06. The van der Waals surface area contributed by atoms with E-state index in [0.717, 1.165) is 12.8 Å². The van der Waals surface area contributed by atoms with E-state index in [1.54, 1.807) is 37.3 Å². The second-order valence-electron chi connectivity index (χ2n) is 8.34. The molecule has 10 heteroatoms. The molecule has 9 nitrogen and oxygen atoms in total. The number of benzene rings is 2. The average molecular weight is 488 g/mol. The number of aryl methyl sites for hydroxylation is 1. The molecule has 0 saturated carbocycles. The number of nitrogens with one attached hydrogen (secondary N) is 2. The van der Waals surface area contributed by atoms with Crippen molar-refractivity contribution in [2.75, 3.05) is 44.8 Å². The Bertz CT molecular complexity index is 1160. The standard InChI is InChI=1S/C24H29N3O6S/c1-17-8-9-19(34(30,31)27-10-13-32-14-11-27)15-21(17)24(29)26-22-7-3-2-6-20(22)23(28)25-16-18-5-4-12-33-18/h2-3,6-9,15,18H,4-5,10-14,16H2,1H3,(H,25,28)(H,26,29)/t18-/m0/s1. The number of hydrogen-bond donors (Lipinski definition) is 2. The minimum Gasteiger partial charge on any atom is -0.379 e. The zero-order valence-electron chi connectivity index (χ0n) is 19.1. The van der Waals surface area contributed by atoms with Crippen LogP contribution in [-0.2, 0) is 19.5 Å². The molecule has 0 radical (unpaired) electrons. The maximum atomic E-state index is 13.1. The quantitative estimate of drug-likeness (QED) is 0.619. The highest BCUT2D eigenvalue weighted by molar-refractivity contribution is 7.89. The van der Waals surface area contributed by atoms with Gasteiger partial charge in [0.2, 0.25) is 10.0 Å². The van der Waals surface area contributed by atoms with Crippen LogP contribution in [0, 0.1) is 6.92 Å². The van der Waals surface area contributed by atoms with E-state index in [1.807, 2.05) is 0 Å². The number of amides is 2. The Labute approximate surface area is 199 Å². The van der Waals surface area contributed by atoms with E-state index in [2.05, 4.69) is 10.6 Å². The summed E-state index contributed by atoms with van der Waals surface area (Å²) in [4.78, 5) is 25.9. The number of carbonyl (C=O) groups is 2. The zero-order valence-corrected chi connectivity index (χ0v) is 19.9. The summed E-state index contributed by atoms with van der Waals surface area (Å²) < 4.78 is 38.2. The summed E-state index contributed by atoms with van der Waals surface area (Å²) >= 11 is 0. The van der Waals surface area contributed by atoms with Crippen molar-refractivity contribution in [2.24, 2.45) is 0 Å². The van der Waals surface area contributed by atoms with Crippen LogP contribution >= 0.6 is 0 Å². The number of nitrogens with zero attached hydrogens (tertiary/aromatic N) is 1. The molecule has 34 heavy (non-hydrogen) atoms. The van der Waals surface area contributed by atoms with Gasteiger partial charge in [0.05, 0.1) is 35.5 Å². The van der Waals surface area contributed by atoms with Gasteiger partial charge < -0.3 is 20.1 Å². The first kappa shape index (κ1) is 24.3. The molecular formula is C24H29N3O6S. The highest BCUT2D eigenvalue weighted by Gasteiger charge is 2.27. The first-order chi connectivity index (χ1) is 16.4. The van der Waals surface area contributed by atoms with Gasteiger partial charge in [-0.25, -0.2) is 8.42 Å². The Hall–Kier alpha value is -2.79. The predicted octanol–water partition coefficient (Wildman–Crippen LogP) is 2.18. The van der Waals surface area contributed by atoms with Gasteiger partial charge in [-0.3, -0.25) is 9.59 Å². The number of hydrogen-bond acceptors (Lipinski definition) is 6. The van der Waals surface area contributed by atoms with Crippen LogP contribution in [0.25, 0.3) is 0 Å². The fourth-order valence-electron chi connectivity index (χ4n) is 4.03. The minimum atomic E-state index is -3.75. The summed E-state index contributed by atoms with van der Waals surface area (Å²) in [7, 11) is -3.75. The second-order valence-corrected chi connectivity index (χ2v) is 10.3.